The lowest BCUT2D eigenvalue weighted by Crippen LogP contribution is -2.28. The molecule has 0 bridgehead atoms. The molecular weight excluding hydrogens is 456 g/mol. The molecule has 0 unspecified atom stereocenters. The van der Waals surface area contributed by atoms with E-state index in [1.54, 1.807) is 0 Å². The van der Waals surface area contributed by atoms with Crippen LogP contribution in [0.1, 0.15) is 35.3 Å². The van der Waals surface area contributed by atoms with Gasteiger partial charge in [0.25, 0.3) is 5.91 Å². The third-order valence-electron chi connectivity index (χ3n) is 5.47. The number of fused-ring (bicyclic) bond motifs is 1. The van der Waals surface area contributed by atoms with Crippen molar-refractivity contribution < 1.29 is 22.9 Å². The predicted octanol–water partition coefficient (Wildman–Crippen LogP) is 2.82. The molecule has 168 valence electrons. The molecule has 1 aliphatic carbocycles. The highest BCUT2D eigenvalue weighted by molar-refractivity contribution is 7.89. The van der Waals surface area contributed by atoms with Crippen LogP contribution in [0, 0.1) is 21.4 Å². The van der Waals surface area contributed by atoms with E-state index < -0.39 is 33.1 Å². The number of hydrogen-bond acceptors (Lipinski definition) is 8. The van der Waals surface area contributed by atoms with E-state index >= 15 is 0 Å². The smallest absolute Gasteiger partial charge is 0.312 e. The van der Waals surface area contributed by atoms with E-state index in [9.17, 15) is 28.6 Å². The van der Waals surface area contributed by atoms with Crippen LogP contribution in [0.15, 0.2) is 23.1 Å². The number of ether oxygens (including phenoxy) is 1. The fourth-order valence-corrected chi connectivity index (χ4v) is 6.71. The highest BCUT2D eigenvalue weighted by atomic mass is 32.2. The second-order valence-electron chi connectivity index (χ2n) is 7.51. The Balaban J connectivity index is 1.48. The number of carbonyl (C=O) groups excluding carboxylic acids is 1. The highest BCUT2D eigenvalue weighted by Crippen LogP contribution is 2.38. The number of sulfonamides is 1. The summed E-state index contributed by atoms with van der Waals surface area (Å²) in [5.41, 5.74) is 0.892. The van der Waals surface area contributed by atoms with Crippen molar-refractivity contribution in [3.05, 3.63) is 44.3 Å². The van der Waals surface area contributed by atoms with Crippen molar-refractivity contribution >= 4 is 38.0 Å². The lowest BCUT2D eigenvalue weighted by Gasteiger charge is -2.15. The summed E-state index contributed by atoms with van der Waals surface area (Å²) in [6.07, 6.45) is 4.16. The molecule has 1 amide bonds. The first-order chi connectivity index (χ1) is 15.3. The Hall–Kier alpha value is -3.01. The first kappa shape index (κ1) is 22.2. The van der Waals surface area contributed by atoms with Gasteiger partial charge in [-0.1, -0.05) is 0 Å². The summed E-state index contributed by atoms with van der Waals surface area (Å²) in [6.45, 7) is 0.239. The largest absolute Gasteiger partial charge is 0.477 e. The van der Waals surface area contributed by atoms with Gasteiger partial charge in [0.05, 0.1) is 15.4 Å². The lowest BCUT2D eigenvalue weighted by atomic mass is 10.1. The van der Waals surface area contributed by atoms with Crippen molar-refractivity contribution in [2.75, 3.05) is 25.0 Å². The Bertz CT molecular complexity index is 1230. The molecule has 12 heteroatoms. The van der Waals surface area contributed by atoms with Gasteiger partial charge in [-0.05, 0) is 49.8 Å². The molecule has 0 saturated carbocycles. The van der Waals surface area contributed by atoms with Crippen LogP contribution >= 0.6 is 11.3 Å². The Morgan fingerprint density at radius 3 is 2.72 bits per heavy atom. The van der Waals surface area contributed by atoms with Crippen LogP contribution in [0.5, 0.6) is 5.75 Å². The molecule has 2 aliphatic rings. The van der Waals surface area contributed by atoms with Crippen LogP contribution in [0.4, 0.5) is 10.7 Å². The van der Waals surface area contributed by atoms with E-state index in [0.29, 0.717) is 23.7 Å². The lowest BCUT2D eigenvalue weighted by molar-refractivity contribution is -0.386. The number of amides is 1. The average molecular weight is 477 g/mol. The maximum atomic E-state index is 12.7. The number of rotatable bonds is 7. The van der Waals surface area contributed by atoms with Crippen molar-refractivity contribution in [2.45, 2.75) is 37.0 Å². The number of nitro groups is 1. The Morgan fingerprint density at radius 2 is 2.03 bits per heavy atom. The van der Waals surface area contributed by atoms with Crippen molar-refractivity contribution in [3.63, 3.8) is 0 Å². The summed E-state index contributed by atoms with van der Waals surface area (Å²) in [7, 11) is -3.83. The molecule has 0 atom stereocenters. The van der Waals surface area contributed by atoms with Crippen LogP contribution in [-0.2, 0) is 27.7 Å². The van der Waals surface area contributed by atoms with E-state index in [1.165, 1.54) is 27.8 Å². The number of nitro benzene ring substituents is 1. The average Bonchev–Trinajstić information content (AvgIpc) is 3.50. The molecule has 1 aromatic heterocycles. The number of nitrogens with zero attached hydrogens (tertiary/aromatic N) is 3. The fourth-order valence-electron chi connectivity index (χ4n) is 3.92. The Morgan fingerprint density at radius 1 is 1.28 bits per heavy atom. The van der Waals surface area contributed by atoms with Crippen molar-refractivity contribution in [1.82, 2.24) is 4.31 Å². The van der Waals surface area contributed by atoms with E-state index in [-0.39, 0.29) is 10.6 Å². The molecule has 1 aliphatic heterocycles. The van der Waals surface area contributed by atoms with Gasteiger partial charge in [-0.15, -0.1) is 11.3 Å². The van der Waals surface area contributed by atoms with E-state index in [2.05, 4.69) is 11.4 Å². The number of nitrogens with one attached hydrogen (secondary N) is 1. The molecule has 2 aromatic rings. The quantitative estimate of drug-likeness (QED) is 0.478. The molecular formula is C20H20N4O6S2. The maximum absolute atomic E-state index is 12.7. The van der Waals surface area contributed by atoms with E-state index in [4.69, 9.17) is 4.74 Å². The van der Waals surface area contributed by atoms with Gasteiger partial charge in [0, 0.05) is 24.0 Å². The number of hydrogen-bond donors (Lipinski definition) is 1. The molecule has 1 aromatic carbocycles. The van der Waals surface area contributed by atoms with Gasteiger partial charge >= 0.3 is 5.69 Å². The minimum absolute atomic E-state index is 0.185. The van der Waals surface area contributed by atoms with Crippen LogP contribution < -0.4 is 10.1 Å². The zero-order chi connectivity index (χ0) is 22.9. The van der Waals surface area contributed by atoms with Gasteiger partial charge in [-0.2, -0.15) is 9.57 Å². The second-order valence-corrected chi connectivity index (χ2v) is 10.6. The van der Waals surface area contributed by atoms with Gasteiger partial charge in [-0.25, -0.2) is 8.42 Å². The first-order valence-corrected chi connectivity index (χ1v) is 12.3. The normalized spacial score (nSPS) is 15.8. The van der Waals surface area contributed by atoms with Gasteiger partial charge in [0.1, 0.15) is 11.1 Å². The summed E-state index contributed by atoms with van der Waals surface area (Å²) < 4.78 is 32.0. The Kier molecular flexibility index (Phi) is 6.14. The summed E-state index contributed by atoms with van der Waals surface area (Å²) in [5, 5.41) is 24.0. The highest BCUT2D eigenvalue weighted by Gasteiger charge is 2.30. The molecule has 1 fully saturated rings. The number of aryl methyl sites for hydroxylation is 1. The van der Waals surface area contributed by atoms with Crippen LogP contribution in [0.2, 0.25) is 0 Å². The number of carbonyl (C=O) groups is 1. The molecule has 0 spiro atoms. The first-order valence-electron chi connectivity index (χ1n) is 10.1. The van der Waals surface area contributed by atoms with Crippen molar-refractivity contribution in [1.29, 1.82) is 5.26 Å². The molecule has 2 heterocycles. The Labute approximate surface area is 188 Å². The van der Waals surface area contributed by atoms with Gasteiger partial charge in [0.2, 0.25) is 10.0 Å². The SMILES string of the molecule is N#Cc1c(NC(=O)COc2ccc(S(=O)(=O)N3CCCC3)cc2[N+](=O)[O-])sc2c1CCC2. The third kappa shape index (κ3) is 4.19. The predicted molar refractivity (Wildman–Crippen MR) is 116 cm³/mol. The molecule has 4 rings (SSSR count). The van der Waals surface area contributed by atoms with Crippen LogP contribution in [0.3, 0.4) is 0 Å². The summed E-state index contributed by atoms with van der Waals surface area (Å²) in [4.78, 5) is 24.0. The van der Waals surface area contributed by atoms with Gasteiger partial charge in [0.15, 0.2) is 12.4 Å². The summed E-state index contributed by atoms with van der Waals surface area (Å²) in [5.74, 6) is -0.774. The van der Waals surface area contributed by atoms with E-state index in [0.717, 1.165) is 48.6 Å². The molecule has 10 nitrogen and oxygen atoms in total. The summed E-state index contributed by atoms with van der Waals surface area (Å²) in [6, 6.07) is 5.51. The monoisotopic (exact) mass is 476 g/mol. The zero-order valence-corrected chi connectivity index (χ0v) is 18.6. The molecule has 32 heavy (non-hydrogen) atoms. The zero-order valence-electron chi connectivity index (χ0n) is 17.0. The number of anilines is 1. The van der Waals surface area contributed by atoms with Crippen molar-refractivity contribution in [2.24, 2.45) is 0 Å². The van der Waals surface area contributed by atoms with Crippen LogP contribution in [-0.4, -0.2) is 43.2 Å². The van der Waals surface area contributed by atoms with Gasteiger partial charge in [-0.3, -0.25) is 14.9 Å². The molecule has 1 saturated heterocycles. The molecule has 0 radical (unpaired) electrons. The second kappa shape index (κ2) is 8.85. The van der Waals surface area contributed by atoms with E-state index in [1.807, 2.05) is 0 Å². The standard InChI is InChI=1S/C20H20N4O6S2/c21-11-15-14-4-3-5-18(14)31-20(15)22-19(25)12-30-17-7-6-13(10-16(17)24(26)27)32(28,29)23-8-1-2-9-23/h6-7,10H,1-5,8-9,12H2,(H,22,25). The molecule has 1 N–H and O–H groups in total. The van der Waals surface area contributed by atoms with Gasteiger partial charge < -0.3 is 10.1 Å². The third-order valence-corrected chi connectivity index (χ3v) is 8.58. The summed E-state index contributed by atoms with van der Waals surface area (Å²) >= 11 is 1.36. The van der Waals surface area contributed by atoms with Crippen molar-refractivity contribution in [3.8, 4) is 11.8 Å². The van der Waals surface area contributed by atoms with Crippen LogP contribution in [0.25, 0.3) is 0 Å². The topological polar surface area (TPSA) is 143 Å². The minimum Gasteiger partial charge on any atom is -0.477 e. The fraction of sp³-hybridized carbons (Fsp3) is 0.400. The number of benzene rings is 1. The minimum atomic E-state index is -3.83. The maximum Gasteiger partial charge on any atom is 0.312 e. The number of nitriles is 1. The number of thiophene rings is 1.